The zero-order valence-corrected chi connectivity index (χ0v) is 17.3. The molecular weight excluding hydrogens is 465 g/mol. The summed E-state index contributed by atoms with van der Waals surface area (Å²) >= 11 is 3.24. The fraction of sp³-hybridized carbons (Fsp3) is 0.316. The molecule has 30 heavy (non-hydrogen) atoms. The van der Waals surface area contributed by atoms with Crippen LogP contribution >= 0.6 is 15.9 Å². The van der Waals surface area contributed by atoms with Gasteiger partial charge in [-0.1, -0.05) is 0 Å². The zero-order chi connectivity index (χ0) is 21.5. The smallest absolute Gasteiger partial charge is 0.342 e. The van der Waals surface area contributed by atoms with Gasteiger partial charge in [-0.15, -0.1) is 5.10 Å². The first-order valence-corrected chi connectivity index (χ1v) is 9.92. The molecule has 1 atom stereocenters. The van der Waals surface area contributed by atoms with Gasteiger partial charge in [0, 0.05) is 18.0 Å². The van der Waals surface area contributed by atoms with Crippen molar-refractivity contribution in [1.29, 1.82) is 0 Å². The lowest BCUT2D eigenvalue weighted by atomic mass is 10.0. The number of carbonyl (C=O) groups excluding carboxylic acids is 1. The van der Waals surface area contributed by atoms with Gasteiger partial charge in [-0.25, -0.2) is 15.0 Å². The molecular formula is C19H16BrF3N6O. The monoisotopic (exact) mass is 480 g/mol. The highest BCUT2D eigenvalue weighted by molar-refractivity contribution is 9.10. The highest BCUT2D eigenvalue weighted by Gasteiger charge is 2.34. The average molecular weight is 481 g/mol. The summed E-state index contributed by atoms with van der Waals surface area (Å²) in [4.78, 5) is 25.0. The molecule has 2 heterocycles. The summed E-state index contributed by atoms with van der Waals surface area (Å²) in [5.74, 6) is 0.0398. The molecule has 1 aliphatic rings. The van der Waals surface area contributed by atoms with E-state index in [1.165, 1.54) is 17.1 Å². The second-order valence-corrected chi connectivity index (χ2v) is 7.98. The third-order valence-corrected chi connectivity index (χ3v) is 5.06. The van der Waals surface area contributed by atoms with E-state index >= 15 is 0 Å². The van der Waals surface area contributed by atoms with Crippen LogP contribution in [0, 0.1) is 0 Å². The number of aromatic nitrogens is 5. The number of alkyl halides is 3. The maximum absolute atomic E-state index is 13.2. The topological polar surface area (TPSA) is 85.6 Å². The van der Waals surface area contributed by atoms with E-state index < -0.39 is 23.7 Å². The number of carbonyl (C=O) groups is 1. The summed E-state index contributed by atoms with van der Waals surface area (Å²) in [7, 11) is 0. The first-order chi connectivity index (χ1) is 14.2. The van der Waals surface area contributed by atoms with Gasteiger partial charge in [0.25, 0.3) is 11.9 Å². The average Bonchev–Trinajstić information content (AvgIpc) is 3.44. The number of halogens is 4. The minimum absolute atomic E-state index is 0.0331. The third-order valence-electron chi connectivity index (χ3n) is 4.65. The van der Waals surface area contributed by atoms with Gasteiger partial charge in [0.05, 0.1) is 16.1 Å². The molecule has 1 saturated carbocycles. The van der Waals surface area contributed by atoms with Crippen LogP contribution in [-0.2, 0) is 6.18 Å². The highest BCUT2D eigenvalue weighted by Crippen LogP contribution is 2.42. The molecule has 1 aliphatic carbocycles. The van der Waals surface area contributed by atoms with Gasteiger partial charge in [0.15, 0.2) is 5.82 Å². The Balaban J connectivity index is 1.52. The van der Waals surface area contributed by atoms with Gasteiger partial charge in [0.1, 0.15) is 6.33 Å². The van der Waals surface area contributed by atoms with E-state index in [1.54, 1.807) is 19.3 Å². The van der Waals surface area contributed by atoms with E-state index in [0.29, 0.717) is 16.0 Å². The minimum Gasteiger partial charge on any atom is -0.342 e. The third kappa shape index (κ3) is 4.50. The molecule has 1 unspecified atom stereocenters. The number of amides is 1. The number of nitrogens with one attached hydrogen (secondary N) is 1. The highest BCUT2D eigenvalue weighted by atomic mass is 79.9. The number of nitrogens with zero attached hydrogens (tertiary/aromatic N) is 5. The van der Waals surface area contributed by atoms with Crippen molar-refractivity contribution in [2.75, 3.05) is 0 Å². The molecule has 1 N–H and O–H groups in total. The summed E-state index contributed by atoms with van der Waals surface area (Å²) < 4.78 is 41.8. The Kier molecular flexibility index (Phi) is 5.31. The Bertz CT molecular complexity index is 1080. The molecule has 0 radical (unpaired) electrons. The van der Waals surface area contributed by atoms with Crippen molar-refractivity contribution in [2.24, 2.45) is 0 Å². The van der Waals surface area contributed by atoms with Gasteiger partial charge in [-0.2, -0.15) is 17.9 Å². The lowest BCUT2D eigenvalue weighted by Crippen LogP contribution is -2.28. The summed E-state index contributed by atoms with van der Waals surface area (Å²) in [5.41, 5.74) is -0.314. The largest absolute Gasteiger partial charge is 0.416 e. The van der Waals surface area contributed by atoms with Gasteiger partial charge < -0.3 is 5.32 Å². The summed E-state index contributed by atoms with van der Waals surface area (Å²) in [6.07, 6.45) is 1.66. The number of hydrogen-bond acceptors (Lipinski definition) is 5. The van der Waals surface area contributed by atoms with E-state index in [-0.39, 0.29) is 17.3 Å². The number of hydrogen-bond donors (Lipinski definition) is 1. The van der Waals surface area contributed by atoms with Crippen LogP contribution < -0.4 is 5.32 Å². The molecule has 11 heteroatoms. The van der Waals surface area contributed by atoms with E-state index in [4.69, 9.17) is 0 Å². The predicted molar refractivity (Wildman–Crippen MR) is 104 cm³/mol. The fourth-order valence-corrected chi connectivity index (χ4v) is 3.14. The van der Waals surface area contributed by atoms with Crippen molar-refractivity contribution in [2.45, 2.75) is 37.9 Å². The van der Waals surface area contributed by atoms with Gasteiger partial charge in [-0.3, -0.25) is 4.79 Å². The van der Waals surface area contributed by atoms with Crippen LogP contribution in [-0.4, -0.2) is 30.6 Å². The van der Waals surface area contributed by atoms with Crippen LogP contribution in [0.25, 0.3) is 5.95 Å². The first-order valence-electron chi connectivity index (χ1n) is 9.13. The van der Waals surface area contributed by atoms with Crippen LogP contribution in [0.2, 0.25) is 0 Å². The summed E-state index contributed by atoms with van der Waals surface area (Å²) in [5, 5.41) is 6.90. The normalized spacial score (nSPS) is 15.1. The Morgan fingerprint density at radius 1 is 1.20 bits per heavy atom. The Labute approximate surface area is 177 Å². The van der Waals surface area contributed by atoms with Crippen LogP contribution in [0.3, 0.4) is 0 Å². The number of benzene rings is 1. The zero-order valence-electron chi connectivity index (χ0n) is 15.7. The fourth-order valence-electron chi connectivity index (χ4n) is 2.94. The van der Waals surface area contributed by atoms with Crippen LogP contribution in [0.4, 0.5) is 13.2 Å². The molecule has 0 bridgehead atoms. The van der Waals surface area contributed by atoms with Crippen molar-refractivity contribution >= 4 is 21.8 Å². The van der Waals surface area contributed by atoms with E-state index in [2.05, 4.69) is 41.3 Å². The first kappa shape index (κ1) is 20.5. The molecule has 7 nitrogen and oxygen atoms in total. The molecule has 1 fully saturated rings. The number of rotatable bonds is 5. The van der Waals surface area contributed by atoms with Crippen molar-refractivity contribution in [1.82, 2.24) is 30.0 Å². The lowest BCUT2D eigenvalue weighted by Gasteiger charge is -2.14. The minimum atomic E-state index is -4.52. The van der Waals surface area contributed by atoms with Gasteiger partial charge >= 0.3 is 6.18 Å². The van der Waals surface area contributed by atoms with Crippen LogP contribution in [0.15, 0.2) is 41.4 Å². The van der Waals surface area contributed by atoms with Crippen molar-refractivity contribution in [3.05, 3.63) is 63.9 Å². The Morgan fingerprint density at radius 2 is 1.90 bits per heavy atom. The van der Waals surface area contributed by atoms with E-state index in [9.17, 15) is 18.0 Å². The molecule has 156 valence electrons. The predicted octanol–water partition coefficient (Wildman–Crippen LogP) is 4.21. The molecule has 0 spiro atoms. The maximum atomic E-state index is 13.2. The Hall–Kier alpha value is -2.82. The van der Waals surface area contributed by atoms with Crippen LogP contribution in [0.1, 0.15) is 59.0 Å². The second-order valence-electron chi connectivity index (χ2n) is 7.06. The van der Waals surface area contributed by atoms with E-state index in [1.807, 2.05) is 0 Å². The molecule has 1 aromatic carbocycles. The molecule has 2 aromatic heterocycles. The van der Waals surface area contributed by atoms with Gasteiger partial charge in [-0.05, 0) is 65.4 Å². The van der Waals surface area contributed by atoms with Crippen molar-refractivity contribution < 1.29 is 18.0 Å². The van der Waals surface area contributed by atoms with Crippen LogP contribution in [0.5, 0.6) is 0 Å². The quantitative estimate of drug-likeness (QED) is 0.591. The van der Waals surface area contributed by atoms with E-state index in [0.717, 1.165) is 25.0 Å². The molecule has 0 aliphatic heterocycles. The molecule has 0 saturated heterocycles. The standard InChI is InChI=1S/C19H16BrF3N6O/c1-10(16-26-9-29(28-16)18-24-7-15(20)8-25-18)27-17(30)13-4-12(11-2-3-11)5-14(6-13)19(21,22)23/h4-11H,2-3H2,1H3,(H,27,30). The summed E-state index contributed by atoms with van der Waals surface area (Å²) in [6.45, 7) is 1.65. The van der Waals surface area contributed by atoms with Crippen molar-refractivity contribution in [3.63, 3.8) is 0 Å². The summed E-state index contributed by atoms with van der Waals surface area (Å²) in [6, 6.07) is 2.89. The Morgan fingerprint density at radius 3 is 2.53 bits per heavy atom. The second kappa shape index (κ2) is 7.78. The van der Waals surface area contributed by atoms with Crippen molar-refractivity contribution in [3.8, 4) is 5.95 Å². The van der Waals surface area contributed by atoms with Gasteiger partial charge in [0.2, 0.25) is 0 Å². The molecule has 1 amide bonds. The lowest BCUT2D eigenvalue weighted by molar-refractivity contribution is -0.137. The molecule has 4 rings (SSSR count). The maximum Gasteiger partial charge on any atom is 0.416 e. The SMILES string of the molecule is CC(NC(=O)c1cc(C2CC2)cc(C(F)(F)F)c1)c1ncn(-c2ncc(Br)cn2)n1. The molecule has 3 aromatic rings.